The van der Waals surface area contributed by atoms with E-state index in [0.717, 1.165) is 27.6 Å². The highest BCUT2D eigenvalue weighted by Gasteiger charge is 2.23. The molecule has 7 nitrogen and oxygen atoms in total. The van der Waals surface area contributed by atoms with Crippen molar-refractivity contribution in [2.75, 3.05) is 7.05 Å². The number of rotatable bonds is 10. The number of nitrogens with one attached hydrogen (secondary N) is 4. The molecule has 4 N–H and O–H groups in total. The fourth-order valence-electron chi connectivity index (χ4n) is 4.28. The van der Waals surface area contributed by atoms with Crippen LogP contribution in [0, 0.1) is 0 Å². The van der Waals surface area contributed by atoms with Crippen LogP contribution < -0.4 is 16.0 Å². The Morgan fingerprint density at radius 3 is 1.92 bits per heavy atom. The number of para-hydroxylation sites is 1. The van der Waals surface area contributed by atoms with Crippen LogP contribution >= 0.6 is 0 Å². The summed E-state index contributed by atoms with van der Waals surface area (Å²) in [6, 6.07) is 26.2. The molecular formula is C29H30N4O3. The predicted octanol–water partition coefficient (Wildman–Crippen LogP) is 3.63. The Morgan fingerprint density at radius 2 is 1.31 bits per heavy atom. The number of carbonyl (C=O) groups is 3. The summed E-state index contributed by atoms with van der Waals surface area (Å²) in [5, 5.41) is 9.47. The van der Waals surface area contributed by atoms with E-state index in [9.17, 15) is 14.4 Å². The first kappa shape index (κ1) is 24.7. The zero-order valence-corrected chi connectivity index (χ0v) is 20.2. The van der Waals surface area contributed by atoms with Gasteiger partial charge in [0.05, 0.1) is 6.04 Å². The van der Waals surface area contributed by atoms with Crippen LogP contribution in [0.15, 0.2) is 91.1 Å². The van der Waals surface area contributed by atoms with Crippen LogP contribution in [-0.4, -0.2) is 35.8 Å². The largest absolute Gasteiger partial charge is 0.361 e. The summed E-state index contributed by atoms with van der Waals surface area (Å²) in [5.74, 6) is -0.878. The standard InChI is InChI=1S/C29H30N4O3/c1-30-29(36)25(18-22-19-31-24-15-9-8-14-23(22)24)32-26(34)16-17-27(35)33-28(20-10-4-2-5-11-20)21-12-6-3-7-13-21/h2-15,19,25,28,31H,16-18H2,1H3,(H,30,36)(H,32,34)(H,33,35)/t25-/m0/s1. The van der Waals surface area contributed by atoms with E-state index in [1.807, 2.05) is 91.1 Å². The van der Waals surface area contributed by atoms with Crippen molar-refractivity contribution in [1.29, 1.82) is 0 Å². The topological polar surface area (TPSA) is 103 Å². The van der Waals surface area contributed by atoms with Crippen LogP contribution in [0.1, 0.15) is 35.6 Å². The van der Waals surface area contributed by atoms with Crippen molar-refractivity contribution in [2.45, 2.75) is 31.3 Å². The highest BCUT2D eigenvalue weighted by Crippen LogP contribution is 2.22. The number of fused-ring (bicyclic) bond motifs is 1. The zero-order chi connectivity index (χ0) is 25.3. The summed E-state index contributed by atoms with van der Waals surface area (Å²) in [4.78, 5) is 41.2. The minimum Gasteiger partial charge on any atom is -0.361 e. The van der Waals surface area contributed by atoms with E-state index in [0.29, 0.717) is 6.42 Å². The van der Waals surface area contributed by atoms with E-state index in [4.69, 9.17) is 0 Å². The number of carbonyl (C=O) groups excluding carboxylic acids is 3. The van der Waals surface area contributed by atoms with Gasteiger partial charge in [-0.2, -0.15) is 0 Å². The SMILES string of the molecule is CNC(=O)[C@H](Cc1c[nH]c2ccccc12)NC(=O)CCC(=O)NC(c1ccccc1)c1ccccc1. The first-order valence-electron chi connectivity index (χ1n) is 12.0. The van der Waals surface area contributed by atoms with Gasteiger partial charge in [-0.1, -0.05) is 78.9 Å². The van der Waals surface area contributed by atoms with Gasteiger partial charge in [-0.3, -0.25) is 14.4 Å². The van der Waals surface area contributed by atoms with Gasteiger partial charge in [0, 0.05) is 43.4 Å². The number of hydrogen-bond donors (Lipinski definition) is 4. The Labute approximate surface area is 210 Å². The maximum absolute atomic E-state index is 12.8. The molecule has 184 valence electrons. The summed E-state index contributed by atoms with van der Waals surface area (Å²) in [6.07, 6.45) is 2.18. The van der Waals surface area contributed by atoms with Crippen LogP contribution in [0.25, 0.3) is 10.9 Å². The molecule has 1 heterocycles. The quantitative estimate of drug-likeness (QED) is 0.278. The fraction of sp³-hybridized carbons (Fsp3) is 0.207. The molecule has 3 aromatic carbocycles. The molecule has 0 aliphatic rings. The molecule has 4 aromatic rings. The van der Waals surface area contributed by atoms with E-state index in [2.05, 4.69) is 20.9 Å². The molecule has 0 saturated heterocycles. The molecule has 0 spiro atoms. The van der Waals surface area contributed by atoms with E-state index in [1.165, 1.54) is 7.05 Å². The van der Waals surface area contributed by atoms with Gasteiger partial charge < -0.3 is 20.9 Å². The summed E-state index contributed by atoms with van der Waals surface area (Å²) >= 11 is 0. The van der Waals surface area contributed by atoms with E-state index in [1.54, 1.807) is 0 Å². The number of H-pyrrole nitrogens is 1. The maximum Gasteiger partial charge on any atom is 0.242 e. The molecule has 7 heteroatoms. The van der Waals surface area contributed by atoms with Crippen molar-refractivity contribution in [1.82, 2.24) is 20.9 Å². The van der Waals surface area contributed by atoms with Crippen LogP contribution in [0.4, 0.5) is 0 Å². The van der Waals surface area contributed by atoms with Crippen LogP contribution in [0.2, 0.25) is 0 Å². The van der Waals surface area contributed by atoms with Gasteiger partial charge in [0.25, 0.3) is 0 Å². The minimum absolute atomic E-state index is 0.00947. The molecule has 4 rings (SSSR count). The van der Waals surface area contributed by atoms with Gasteiger partial charge in [-0.25, -0.2) is 0 Å². The van der Waals surface area contributed by atoms with Crippen molar-refractivity contribution < 1.29 is 14.4 Å². The fourth-order valence-corrected chi connectivity index (χ4v) is 4.28. The Hall–Kier alpha value is -4.39. The average Bonchev–Trinajstić information content (AvgIpc) is 3.33. The molecule has 1 atom stereocenters. The highest BCUT2D eigenvalue weighted by atomic mass is 16.2. The van der Waals surface area contributed by atoms with Gasteiger partial charge in [0.2, 0.25) is 17.7 Å². The third kappa shape index (κ3) is 6.18. The third-order valence-electron chi connectivity index (χ3n) is 6.15. The Morgan fingerprint density at radius 1 is 0.750 bits per heavy atom. The van der Waals surface area contributed by atoms with Gasteiger partial charge in [-0.15, -0.1) is 0 Å². The van der Waals surface area contributed by atoms with Gasteiger partial charge >= 0.3 is 0 Å². The predicted molar refractivity (Wildman–Crippen MR) is 140 cm³/mol. The third-order valence-corrected chi connectivity index (χ3v) is 6.15. The van der Waals surface area contributed by atoms with Gasteiger partial charge in [0.1, 0.15) is 6.04 Å². The van der Waals surface area contributed by atoms with Crippen LogP contribution in [0.3, 0.4) is 0 Å². The van der Waals surface area contributed by atoms with E-state index in [-0.39, 0.29) is 36.6 Å². The smallest absolute Gasteiger partial charge is 0.242 e. The molecule has 0 aliphatic heterocycles. The molecule has 3 amide bonds. The summed E-state index contributed by atoms with van der Waals surface area (Å²) in [5.41, 5.74) is 3.82. The second-order valence-electron chi connectivity index (χ2n) is 8.62. The minimum atomic E-state index is -0.744. The van der Waals surface area contributed by atoms with Gasteiger partial charge in [-0.05, 0) is 22.8 Å². The average molecular weight is 483 g/mol. The normalized spacial score (nSPS) is 11.7. The number of hydrogen-bond acceptors (Lipinski definition) is 3. The Balaban J connectivity index is 1.37. The molecule has 1 aromatic heterocycles. The number of benzene rings is 3. The first-order chi connectivity index (χ1) is 17.5. The van der Waals surface area contributed by atoms with Gasteiger partial charge in [0.15, 0.2) is 0 Å². The van der Waals surface area contributed by atoms with Crippen molar-refractivity contribution in [2.24, 2.45) is 0 Å². The summed E-state index contributed by atoms with van der Waals surface area (Å²) in [7, 11) is 1.54. The molecule has 36 heavy (non-hydrogen) atoms. The molecule has 0 saturated carbocycles. The maximum atomic E-state index is 12.8. The molecule has 0 aliphatic carbocycles. The highest BCUT2D eigenvalue weighted by molar-refractivity contribution is 5.90. The molecule has 0 unspecified atom stereocenters. The monoisotopic (exact) mass is 482 g/mol. The first-order valence-corrected chi connectivity index (χ1v) is 12.0. The molecule has 0 bridgehead atoms. The Kier molecular flexibility index (Phi) is 8.13. The van der Waals surface area contributed by atoms with Crippen LogP contribution in [-0.2, 0) is 20.8 Å². The molecule has 0 radical (unpaired) electrons. The Bertz CT molecular complexity index is 1280. The summed E-state index contributed by atoms with van der Waals surface area (Å²) < 4.78 is 0. The number of aromatic nitrogens is 1. The second kappa shape index (κ2) is 11.8. The lowest BCUT2D eigenvalue weighted by atomic mass is 9.98. The molecular weight excluding hydrogens is 452 g/mol. The summed E-state index contributed by atoms with van der Waals surface area (Å²) in [6.45, 7) is 0. The lowest BCUT2D eigenvalue weighted by molar-refractivity contribution is -0.130. The molecule has 0 fully saturated rings. The van der Waals surface area contributed by atoms with Crippen molar-refractivity contribution in [3.8, 4) is 0 Å². The van der Waals surface area contributed by atoms with E-state index < -0.39 is 6.04 Å². The lowest BCUT2D eigenvalue weighted by Crippen LogP contribution is -2.47. The number of amides is 3. The van der Waals surface area contributed by atoms with Crippen molar-refractivity contribution in [3.05, 3.63) is 108 Å². The number of aromatic amines is 1. The van der Waals surface area contributed by atoms with Crippen molar-refractivity contribution >= 4 is 28.6 Å². The second-order valence-corrected chi connectivity index (χ2v) is 8.62. The lowest BCUT2D eigenvalue weighted by Gasteiger charge is -2.20. The zero-order valence-electron chi connectivity index (χ0n) is 20.2. The number of likely N-dealkylation sites (N-methyl/N-ethyl adjacent to an activating group) is 1. The van der Waals surface area contributed by atoms with E-state index >= 15 is 0 Å². The van der Waals surface area contributed by atoms with Crippen LogP contribution in [0.5, 0.6) is 0 Å². The van der Waals surface area contributed by atoms with Crippen molar-refractivity contribution in [3.63, 3.8) is 0 Å².